The number of nitrogens with one attached hydrogen (secondary N) is 4. The quantitative estimate of drug-likeness (QED) is 0.349. The van der Waals surface area contributed by atoms with Gasteiger partial charge >= 0.3 is 6.03 Å². The van der Waals surface area contributed by atoms with Gasteiger partial charge in [0.2, 0.25) is 0 Å². The number of carbonyl (C=O) groups excluding carboxylic acids is 2. The van der Waals surface area contributed by atoms with Crippen molar-refractivity contribution in [2.75, 3.05) is 17.2 Å². The summed E-state index contributed by atoms with van der Waals surface area (Å²) in [6.07, 6.45) is 2.70. The number of benzene rings is 2. The van der Waals surface area contributed by atoms with Gasteiger partial charge in [-0.3, -0.25) is 10.1 Å². The molecule has 0 aliphatic heterocycles. The van der Waals surface area contributed by atoms with E-state index in [1.165, 1.54) is 0 Å². The molecule has 2 heterocycles. The lowest BCUT2D eigenvalue weighted by atomic mass is 10.1. The highest BCUT2D eigenvalue weighted by molar-refractivity contribution is 7.17. The van der Waals surface area contributed by atoms with Gasteiger partial charge < -0.3 is 15.6 Å². The molecule has 158 valence electrons. The number of anilines is 2. The van der Waals surface area contributed by atoms with Crippen molar-refractivity contribution in [3.05, 3.63) is 76.4 Å². The van der Waals surface area contributed by atoms with Crippen molar-refractivity contribution in [2.24, 2.45) is 0 Å². The van der Waals surface area contributed by atoms with E-state index >= 15 is 0 Å². The number of thiazole rings is 1. The number of urea groups is 1. The van der Waals surface area contributed by atoms with Crippen LogP contribution in [0.25, 0.3) is 10.9 Å². The summed E-state index contributed by atoms with van der Waals surface area (Å²) in [5.74, 6) is -0.193. The molecule has 2 aromatic heterocycles. The standard InChI is InChI=1S/C23H23N5O2S/c1-14-7-9-17(10-8-14)27-22(30)28-23-26-15(2)20(31-23)21(29)24-12-11-16-13-25-19-6-4-3-5-18(16)19/h3-10,13,25H,11-12H2,1-2H3,(H,24,29)(H2,26,27,28,30). The van der Waals surface area contributed by atoms with E-state index in [-0.39, 0.29) is 5.91 Å². The van der Waals surface area contributed by atoms with E-state index in [9.17, 15) is 9.59 Å². The third kappa shape index (κ3) is 4.92. The number of amides is 3. The van der Waals surface area contributed by atoms with Crippen LogP contribution in [0.4, 0.5) is 15.6 Å². The first-order valence-corrected chi connectivity index (χ1v) is 10.8. The fraction of sp³-hybridized carbons (Fsp3) is 0.174. The molecule has 8 heteroatoms. The van der Waals surface area contributed by atoms with Crippen LogP contribution in [0.5, 0.6) is 0 Å². The summed E-state index contributed by atoms with van der Waals surface area (Å²) in [5.41, 5.74) is 4.63. The number of aromatic nitrogens is 2. The van der Waals surface area contributed by atoms with Crippen molar-refractivity contribution in [1.82, 2.24) is 15.3 Å². The summed E-state index contributed by atoms with van der Waals surface area (Å²) in [6, 6.07) is 15.2. The van der Waals surface area contributed by atoms with Gasteiger partial charge in [-0.05, 0) is 44.0 Å². The molecule has 4 rings (SSSR count). The van der Waals surface area contributed by atoms with Crippen LogP contribution in [0.3, 0.4) is 0 Å². The molecular weight excluding hydrogens is 410 g/mol. The van der Waals surface area contributed by atoms with Crippen molar-refractivity contribution < 1.29 is 9.59 Å². The molecule has 0 bridgehead atoms. The lowest BCUT2D eigenvalue weighted by molar-refractivity contribution is 0.0957. The minimum atomic E-state index is -0.399. The van der Waals surface area contributed by atoms with Crippen molar-refractivity contribution >= 4 is 45.0 Å². The number of hydrogen-bond donors (Lipinski definition) is 4. The second kappa shape index (κ2) is 9.01. The number of nitrogens with zero attached hydrogens (tertiary/aromatic N) is 1. The number of fused-ring (bicyclic) bond motifs is 1. The molecule has 0 saturated heterocycles. The molecule has 3 amide bonds. The Morgan fingerprint density at radius 2 is 1.81 bits per heavy atom. The maximum absolute atomic E-state index is 12.6. The zero-order chi connectivity index (χ0) is 21.8. The van der Waals surface area contributed by atoms with Crippen LogP contribution in [0, 0.1) is 13.8 Å². The molecule has 4 aromatic rings. The van der Waals surface area contributed by atoms with Crippen LogP contribution in [-0.2, 0) is 6.42 Å². The topological polar surface area (TPSA) is 98.9 Å². The predicted molar refractivity (Wildman–Crippen MR) is 125 cm³/mol. The summed E-state index contributed by atoms with van der Waals surface area (Å²) in [6.45, 7) is 4.25. The van der Waals surface area contributed by atoms with Gasteiger partial charge in [0.05, 0.1) is 5.69 Å². The molecule has 31 heavy (non-hydrogen) atoms. The Hall–Kier alpha value is -3.65. The summed E-state index contributed by atoms with van der Waals surface area (Å²) in [4.78, 5) is 32.9. The van der Waals surface area contributed by atoms with E-state index in [4.69, 9.17) is 0 Å². The van der Waals surface area contributed by atoms with Gasteiger partial charge in [-0.25, -0.2) is 9.78 Å². The lowest BCUT2D eigenvalue weighted by Crippen LogP contribution is -2.25. The summed E-state index contributed by atoms with van der Waals surface area (Å²) in [7, 11) is 0. The summed E-state index contributed by atoms with van der Waals surface area (Å²) < 4.78 is 0. The molecule has 0 aliphatic rings. The van der Waals surface area contributed by atoms with E-state index in [0.717, 1.165) is 39.8 Å². The summed E-state index contributed by atoms with van der Waals surface area (Å²) >= 11 is 1.16. The number of carbonyl (C=O) groups is 2. The number of rotatable bonds is 6. The van der Waals surface area contributed by atoms with Gasteiger partial charge in [-0.15, -0.1) is 0 Å². The molecule has 7 nitrogen and oxygen atoms in total. The minimum absolute atomic E-state index is 0.193. The average molecular weight is 434 g/mol. The first kappa shape index (κ1) is 20.6. The van der Waals surface area contributed by atoms with Crippen LogP contribution in [0.2, 0.25) is 0 Å². The van der Waals surface area contributed by atoms with Gasteiger partial charge in [0.15, 0.2) is 5.13 Å². The van der Waals surface area contributed by atoms with Crippen LogP contribution in [-0.4, -0.2) is 28.5 Å². The Labute approximate surface area is 183 Å². The number of aryl methyl sites for hydroxylation is 2. The SMILES string of the molecule is Cc1ccc(NC(=O)Nc2nc(C)c(C(=O)NCCc3c[nH]c4ccccc34)s2)cc1. The van der Waals surface area contributed by atoms with Crippen LogP contribution in [0.1, 0.15) is 26.5 Å². The third-order valence-corrected chi connectivity index (χ3v) is 5.96. The molecular formula is C23H23N5O2S. The number of hydrogen-bond acceptors (Lipinski definition) is 4. The van der Waals surface area contributed by atoms with Crippen LogP contribution in [0.15, 0.2) is 54.7 Å². The maximum Gasteiger partial charge on any atom is 0.325 e. The number of H-pyrrole nitrogens is 1. The molecule has 0 atom stereocenters. The van der Waals surface area contributed by atoms with E-state index in [1.54, 1.807) is 6.92 Å². The molecule has 0 saturated carbocycles. The first-order valence-electron chi connectivity index (χ1n) is 9.95. The zero-order valence-electron chi connectivity index (χ0n) is 17.3. The predicted octanol–water partition coefficient (Wildman–Crippen LogP) is 4.86. The lowest BCUT2D eigenvalue weighted by Gasteiger charge is -2.05. The second-order valence-corrected chi connectivity index (χ2v) is 8.24. The van der Waals surface area contributed by atoms with Gasteiger partial charge in [0.1, 0.15) is 4.88 Å². The molecule has 0 radical (unpaired) electrons. The van der Waals surface area contributed by atoms with Gasteiger partial charge in [0, 0.05) is 29.3 Å². The highest BCUT2D eigenvalue weighted by Gasteiger charge is 2.16. The zero-order valence-corrected chi connectivity index (χ0v) is 18.1. The number of para-hydroxylation sites is 1. The molecule has 0 fully saturated rings. The Balaban J connectivity index is 1.32. The molecule has 0 aliphatic carbocycles. The molecule has 0 unspecified atom stereocenters. The van der Waals surface area contributed by atoms with Crippen molar-refractivity contribution in [3.8, 4) is 0 Å². The second-order valence-electron chi connectivity index (χ2n) is 7.24. The van der Waals surface area contributed by atoms with E-state index in [0.29, 0.717) is 27.9 Å². The van der Waals surface area contributed by atoms with Gasteiger partial charge in [-0.1, -0.05) is 47.2 Å². The fourth-order valence-electron chi connectivity index (χ4n) is 3.29. The highest BCUT2D eigenvalue weighted by Crippen LogP contribution is 2.23. The van der Waals surface area contributed by atoms with Crippen LogP contribution >= 0.6 is 11.3 Å². The molecule has 2 aromatic carbocycles. The smallest absolute Gasteiger partial charge is 0.325 e. The maximum atomic E-state index is 12.6. The third-order valence-electron chi connectivity index (χ3n) is 4.89. The van der Waals surface area contributed by atoms with Gasteiger partial charge in [-0.2, -0.15) is 0 Å². The molecule has 0 spiro atoms. The largest absolute Gasteiger partial charge is 0.361 e. The Bertz CT molecular complexity index is 1230. The number of aromatic amines is 1. The van der Waals surface area contributed by atoms with E-state index in [1.807, 2.05) is 55.6 Å². The van der Waals surface area contributed by atoms with Crippen molar-refractivity contribution in [1.29, 1.82) is 0 Å². The Morgan fingerprint density at radius 1 is 1.03 bits per heavy atom. The summed E-state index contributed by atoms with van der Waals surface area (Å²) in [5, 5.41) is 9.93. The monoisotopic (exact) mass is 433 g/mol. The fourth-order valence-corrected chi connectivity index (χ4v) is 4.16. The van der Waals surface area contributed by atoms with E-state index in [2.05, 4.69) is 32.0 Å². The normalized spacial score (nSPS) is 10.8. The van der Waals surface area contributed by atoms with E-state index < -0.39 is 6.03 Å². The minimum Gasteiger partial charge on any atom is -0.361 e. The van der Waals surface area contributed by atoms with Crippen molar-refractivity contribution in [2.45, 2.75) is 20.3 Å². The van der Waals surface area contributed by atoms with Crippen LogP contribution < -0.4 is 16.0 Å². The first-order chi connectivity index (χ1) is 15.0. The highest BCUT2D eigenvalue weighted by atomic mass is 32.1. The van der Waals surface area contributed by atoms with Crippen molar-refractivity contribution in [3.63, 3.8) is 0 Å². The van der Waals surface area contributed by atoms with Gasteiger partial charge in [0.25, 0.3) is 5.91 Å². The Morgan fingerprint density at radius 3 is 2.61 bits per heavy atom. The average Bonchev–Trinajstić information content (AvgIpc) is 3.33. The molecule has 4 N–H and O–H groups in total. The Kier molecular flexibility index (Phi) is 5.99.